The number of fused-ring (bicyclic) bond motifs is 3. The maximum atomic E-state index is 13.6. The maximum Gasteiger partial charge on any atom is 0.202 e. The number of hydrogen-bond acceptors (Lipinski definition) is 12. The van der Waals surface area contributed by atoms with Crippen molar-refractivity contribution in [3.05, 3.63) is 51.6 Å². The number of methoxy groups -OCH3 is 1. The molecule has 2 aromatic rings. The first-order valence-electron chi connectivity index (χ1n) is 12.4. The number of phenols is 2. The smallest absolute Gasteiger partial charge is 0.202 e. The Bertz CT molecular complexity index is 1380. The van der Waals surface area contributed by atoms with Crippen molar-refractivity contribution in [2.24, 2.45) is 5.73 Å². The van der Waals surface area contributed by atoms with Crippen molar-refractivity contribution in [3.63, 3.8) is 0 Å². The minimum Gasteiger partial charge on any atom is -0.507 e. The van der Waals surface area contributed by atoms with Crippen LogP contribution < -0.4 is 10.5 Å². The van der Waals surface area contributed by atoms with Crippen LogP contribution in [0.2, 0.25) is 0 Å². The molecule has 1 fully saturated rings. The van der Waals surface area contributed by atoms with Crippen LogP contribution in [0.1, 0.15) is 68.8 Å². The second-order valence-corrected chi connectivity index (χ2v) is 10.2. The third-order valence-corrected chi connectivity index (χ3v) is 7.81. The molecule has 6 atom stereocenters. The van der Waals surface area contributed by atoms with Crippen molar-refractivity contribution in [2.75, 3.05) is 13.7 Å². The Balaban J connectivity index is 0.00000370. The number of carbonyl (C=O) groups excluding carboxylic acids is 3. The van der Waals surface area contributed by atoms with Crippen LogP contribution in [0.4, 0.5) is 0 Å². The molecule has 2 aromatic carbocycles. The second kappa shape index (κ2) is 10.7. The second-order valence-electron chi connectivity index (χ2n) is 10.2. The van der Waals surface area contributed by atoms with Gasteiger partial charge in [-0.3, -0.25) is 14.4 Å². The van der Waals surface area contributed by atoms with Crippen LogP contribution in [0, 0.1) is 0 Å². The van der Waals surface area contributed by atoms with Crippen LogP contribution in [-0.4, -0.2) is 86.7 Å². The third-order valence-electron chi connectivity index (χ3n) is 7.81. The predicted molar refractivity (Wildman–Crippen MR) is 139 cm³/mol. The van der Waals surface area contributed by atoms with Gasteiger partial charge in [-0.25, -0.2) is 0 Å². The summed E-state index contributed by atoms with van der Waals surface area (Å²) in [6.07, 6.45) is -5.12. The Hall–Kier alpha value is -3.10. The molecule has 2 aliphatic carbocycles. The zero-order chi connectivity index (χ0) is 28.4. The highest BCUT2D eigenvalue weighted by molar-refractivity contribution is 6.31. The molecule has 2 unspecified atom stereocenters. The lowest BCUT2D eigenvalue weighted by Gasteiger charge is -2.42. The zero-order valence-electron chi connectivity index (χ0n) is 21.6. The van der Waals surface area contributed by atoms with E-state index in [9.17, 15) is 39.9 Å². The summed E-state index contributed by atoms with van der Waals surface area (Å²) in [5.41, 5.74) is 2.37. The number of phenolic OH excluding ortho intramolecular Hbond substituents is 2. The van der Waals surface area contributed by atoms with Gasteiger partial charge in [0.15, 0.2) is 17.9 Å². The first-order chi connectivity index (χ1) is 18.4. The standard InChI is InChI=1S/C27H29NO11.ClH/c1-10-22(31)13(28)6-17(38-10)39-15-8-27(36,16(30)9-29)7-12-19(15)26(35)21-20(24(12)33)23(32)11-4-3-5-14(37-2)18(11)25(21)34;/h3-5,10,13,15,17,22,29,31,33,35-36H,6-9,28H2,1-2H3;1H/t10?,13?,15-,17-,22-,27-;/m0./s1. The number of ether oxygens (including phenoxy) is 3. The van der Waals surface area contributed by atoms with E-state index in [0.717, 1.165) is 0 Å². The molecule has 5 rings (SSSR count). The number of nitrogens with two attached hydrogens (primary N) is 1. The first kappa shape index (κ1) is 29.9. The number of ketones is 3. The van der Waals surface area contributed by atoms with Crippen LogP contribution in [0.5, 0.6) is 17.2 Å². The minimum absolute atomic E-state index is 0. The van der Waals surface area contributed by atoms with Crippen molar-refractivity contribution in [2.45, 2.75) is 62.4 Å². The van der Waals surface area contributed by atoms with Gasteiger partial charge in [0, 0.05) is 42.0 Å². The van der Waals surface area contributed by atoms with Crippen LogP contribution in [0.15, 0.2) is 18.2 Å². The van der Waals surface area contributed by atoms with Gasteiger partial charge in [-0.2, -0.15) is 0 Å². The molecular formula is C27H30ClNO11. The van der Waals surface area contributed by atoms with Crippen LogP contribution >= 0.6 is 12.4 Å². The summed E-state index contributed by atoms with van der Waals surface area (Å²) >= 11 is 0. The Morgan fingerprint density at radius 2 is 1.82 bits per heavy atom. The van der Waals surface area contributed by atoms with E-state index in [1.807, 2.05) is 0 Å². The van der Waals surface area contributed by atoms with Gasteiger partial charge in [-0.1, -0.05) is 12.1 Å². The molecule has 0 aromatic heterocycles. The molecule has 13 heteroatoms. The van der Waals surface area contributed by atoms with Gasteiger partial charge in [-0.05, 0) is 13.0 Å². The van der Waals surface area contributed by atoms with Gasteiger partial charge in [0.1, 0.15) is 29.5 Å². The van der Waals surface area contributed by atoms with E-state index in [4.69, 9.17) is 19.9 Å². The largest absolute Gasteiger partial charge is 0.507 e. The number of aromatic hydroxyl groups is 2. The average molecular weight is 580 g/mol. The summed E-state index contributed by atoms with van der Waals surface area (Å²) in [7, 11) is 1.32. The number of halogens is 1. The van der Waals surface area contributed by atoms with Gasteiger partial charge in [0.2, 0.25) is 5.78 Å². The first-order valence-corrected chi connectivity index (χ1v) is 12.4. The summed E-state index contributed by atoms with van der Waals surface area (Å²) in [6, 6.07) is 3.64. The number of aliphatic hydroxyl groups is 3. The number of aliphatic hydroxyl groups excluding tert-OH is 2. The molecule has 0 spiro atoms. The van der Waals surface area contributed by atoms with E-state index in [1.54, 1.807) is 6.92 Å². The lowest BCUT2D eigenvalue weighted by atomic mass is 9.72. The summed E-state index contributed by atoms with van der Waals surface area (Å²) in [5.74, 6) is -3.77. The molecule has 40 heavy (non-hydrogen) atoms. The van der Waals surface area contributed by atoms with E-state index in [2.05, 4.69) is 0 Å². The number of hydrogen-bond donors (Lipinski definition) is 6. The number of rotatable bonds is 5. The summed E-state index contributed by atoms with van der Waals surface area (Å²) in [5, 5.41) is 53.7. The van der Waals surface area contributed by atoms with Crippen LogP contribution in [-0.2, 0) is 20.7 Å². The highest BCUT2D eigenvalue weighted by atomic mass is 35.5. The Kier molecular flexibility index (Phi) is 8.00. The van der Waals surface area contributed by atoms with Crippen molar-refractivity contribution >= 4 is 29.8 Å². The molecule has 0 radical (unpaired) electrons. The van der Waals surface area contributed by atoms with Crippen molar-refractivity contribution in [1.29, 1.82) is 0 Å². The summed E-state index contributed by atoms with van der Waals surface area (Å²) in [6.45, 7) is 0.560. The number of Topliss-reactive ketones (excluding diaryl/α,β-unsaturated/α-hetero) is 1. The van der Waals surface area contributed by atoms with Crippen molar-refractivity contribution < 1.29 is 54.1 Å². The van der Waals surface area contributed by atoms with Crippen molar-refractivity contribution in [1.82, 2.24) is 0 Å². The van der Waals surface area contributed by atoms with E-state index in [0.29, 0.717) is 0 Å². The molecule has 0 amide bonds. The minimum atomic E-state index is -2.24. The Morgan fingerprint density at radius 3 is 2.45 bits per heavy atom. The number of carbonyl (C=O) groups is 3. The van der Waals surface area contributed by atoms with E-state index in [-0.39, 0.29) is 46.8 Å². The monoisotopic (exact) mass is 579 g/mol. The van der Waals surface area contributed by atoms with Crippen molar-refractivity contribution in [3.8, 4) is 17.2 Å². The normalized spacial score (nSPS) is 29.1. The highest BCUT2D eigenvalue weighted by Gasteiger charge is 2.50. The lowest BCUT2D eigenvalue weighted by Crippen LogP contribution is -2.53. The van der Waals surface area contributed by atoms with Gasteiger partial charge >= 0.3 is 0 Å². The average Bonchev–Trinajstić information content (AvgIpc) is 2.90. The Morgan fingerprint density at radius 1 is 1.15 bits per heavy atom. The topological polar surface area (TPSA) is 206 Å². The molecule has 1 heterocycles. The van der Waals surface area contributed by atoms with E-state index in [1.165, 1.54) is 25.3 Å². The fourth-order valence-corrected chi connectivity index (χ4v) is 5.75. The van der Waals surface area contributed by atoms with Crippen LogP contribution in [0.25, 0.3) is 0 Å². The highest BCUT2D eigenvalue weighted by Crippen LogP contribution is 2.52. The van der Waals surface area contributed by atoms with E-state index >= 15 is 0 Å². The predicted octanol–water partition coefficient (Wildman–Crippen LogP) is 0.423. The molecule has 0 bridgehead atoms. The SMILES string of the molecule is COc1cccc2c1C(=O)c1c(O)c3c(c(O)c1C2=O)C[C@@](O)(C(=O)CO)C[C@@H]3O[C@H]1CC(N)[C@@H](O)C(C)O1.Cl. The van der Waals surface area contributed by atoms with Gasteiger partial charge in [0.05, 0.1) is 42.1 Å². The maximum absolute atomic E-state index is 13.6. The summed E-state index contributed by atoms with van der Waals surface area (Å²) < 4.78 is 17.0. The fourth-order valence-electron chi connectivity index (χ4n) is 5.75. The zero-order valence-corrected chi connectivity index (χ0v) is 22.4. The molecule has 1 aliphatic heterocycles. The molecule has 216 valence electrons. The quantitative estimate of drug-likeness (QED) is 0.227. The molecule has 1 saturated heterocycles. The summed E-state index contributed by atoms with van der Waals surface area (Å²) in [4.78, 5) is 39.7. The molecule has 3 aliphatic rings. The van der Waals surface area contributed by atoms with Gasteiger partial charge < -0.3 is 45.5 Å². The Labute approximate surface area is 234 Å². The molecule has 0 saturated carbocycles. The van der Waals surface area contributed by atoms with E-state index < -0.39 is 95.7 Å². The lowest BCUT2D eigenvalue weighted by molar-refractivity contribution is -0.247. The number of benzene rings is 2. The third kappa shape index (κ3) is 4.45. The van der Waals surface area contributed by atoms with Gasteiger partial charge in [-0.15, -0.1) is 12.4 Å². The van der Waals surface area contributed by atoms with Crippen LogP contribution in [0.3, 0.4) is 0 Å². The van der Waals surface area contributed by atoms with Gasteiger partial charge in [0.25, 0.3) is 0 Å². The molecular weight excluding hydrogens is 550 g/mol. The fraction of sp³-hybridized carbons (Fsp3) is 0.444. The molecule has 7 N–H and O–H groups in total. The molecule has 12 nitrogen and oxygen atoms in total.